The number of carbonyl (C=O) groups excluding carboxylic acids is 1. The van der Waals surface area contributed by atoms with Gasteiger partial charge in [-0.1, -0.05) is 0 Å². The lowest BCUT2D eigenvalue weighted by Crippen LogP contribution is -2.36. The number of amides is 1. The molecular formula is C15H20N4OS2. The minimum absolute atomic E-state index is 0.183. The van der Waals surface area contributed by atoms with Crippen LogP contribution in [0, 0.1) is 13.8 Å². The van der Waals surface area contributed by atoms with Crippen molar-refractivity contribution in [1.82, 2.24) is 14.9 Å². The van der Waals surface area contributed by atoms with Crippen molar-refractivity contribution in [3.63, 3.8) is 0 Å². The van der Waals surface area contributed by atoms with E-state index in [0.29, 0.717) is 6.42 Å². The van der Waals surface area contributed by atoms with Gasteiger partial charge in [0.1, 0.15) is 0 Å². The summed E-state index contributed by atoms with van der Waals surface area (Å²) in [5.41, 5.74) is 1.96. The Morgan fingerprint density at radius 2 is 2.00 bits per heavy atom. The number of anilines is 1. The van der Waals surface area contributed by atoms with Gasteiger partial charge >= 0.3 is 0 Å². The van der Waals surface area contributed by atoms with Crippen LogP contribution in [0.3, 0.4) is 0 Å². The van der Waals surface area contributed by atoms with E-state index in [1.807, 2.05) is 24.1 Å². The van der Waals surface area contributed by atoms with E-state index >= 15 is 0 Å². The van der Waals surface area contributed by atoms with E-state index in [-0.39, 0.29) is 5.91 Å². The Labute approximate surface area is 138 Å². The fourth-order valence-electron chi connectivity index (χ4n) is 2.60. The minimum atomic E-state index is 0.183. The average molecular weight is 336 g/mol. The minimum Gasteiger partial charge on any atom is -0.346 e. The number of nitrogens with zero attached hydrogens (tertiary/aromatic N) is 4. The van der Waals surface area contributed by atoms with Gasteiger partial charge < -0.3 is 9.80 Å². The molecule has 7 heteroatoms. The molecule has 0 radical (unpaired) electrons. The molecule has 3 rings (SSSR count). The molecule has 1 aliphatic rings. The predicted molar refractivity (Wildman–Crippen MR) is 90.8 cm³/mol. The van der Waals surface area contributed by atoms with Crippen LogP contribution in [0.15, 0.2) is 10.8 Å². The number of hydrogen-bond donors (Lipinski definition) is 0. The Morgan fingerprint density at radius 1 is 1.14 bits per heavy atom. The van der Waals surface area contributed by atoms with Gasteiger partial charge in [0, 0.05) is 36.9 Å². The molecule has 1 saturated heterocycles. The molecule has 0 bridgehead atoms. The van der Waals surface area contributed by atoms with Crippen molar-refractivity contribution in [1.29, 1.82) is 0 Å². The van der Waals surface area contributed by atoms with Gasteiger partial charge in [-0.2, -0.15) is 0 Å². The molecule has 0 atom stereocenters. The van der Waals surface area contributed by atoms with Crippen LogP contribution < -0.4 is 4.90 Å². The Balaban J connectivity index is 1.58. The molecule has 1 aliphatic heterocycles. The highest BCUT2D eigenvalue weighted by Crippen LogP contribution is 2.21. The largest absolute Gasteiger partial charge is 0.346 e. The smallest absolute Gasteiger partial charge is 0.228 e. The third-order valence-electron chi connectivity index (χ3n) is 3.72. The van der Waals surface area contributed by atoms with Crippen LogP contribution in [0.5, 0.6) is 0 Å². The molecule has 1 fully saturated rings. The molecule has 0 unspecified atom stereocenters. The summed E-state index contributed by atoms with van der Waals surface area (Å²) in [4.78, 5) is 25.6. The zero-order valence-electron chi connectivity index (χ0n) is 12.9. The lowest BCUT2D eigenvalue weighted by Gasteiger charge is -2.21. The van der Waals surface area contributed by atoms with E-state index < -0.39 is 0 Å². The van der Waals surface area contributed by atoms with Gasteiger partial charge in [0.2, 0.25) is 5.91 Å². The first kappa shape index (κ1) is 15.4. The SMILES string of the molecule is Cc1csc(N2CCCN(C(=O)Cc3csc(C)n3)CC2)n1. The second kappa shape index (κ2) is 6.75. The molecule has 22 heavy (non-hydrogen) atoms. The highest BCUT2D eigenvalue weighted by atomic mass is 32.1. The number of rotatable bonds is 3. The van der Waals surface area contributed by atoms with Crippen molar-refractivity contribution in [2.75, 3.05) is 31.1 Å². The molecular weight excluding hydrogens is 316 g/mol. The first-order valence-electron chi connectivity index (χ1n) is 7.47. The number of aryl methyl sites for hydroxylation is 2. The summed E-state index contributed by atoms with van der Waals surface area (Å²) in [5.74, 6) is 0.183. The van der Waals surface area contributed by atoms with Crippen LogP contribution >= 0.6 is 22.7 Å². The quantitative estimate of drug-likeness (QED) is 0.864. The normalized spacial score (nSPS) is 15.9. The Bertz CT molecular complexity index is 652. The fourth-order valence-corrected chi connectivity index (χ4v) is 4.07. The second-order valence-corrected chi connectivity index (χ2v) is 7.43. The zero-order valence-corrected chi connectivity index (χ0v) is 14.5. The molecule has 1 amide bonds. The van der Waals surface area contributed by atoms with Gasteiger partial charge in [-0.05, 0) is 20.3 Å². The van der Waals surface area contributed by atoms with E-state index in [1.54, 1.807) is 22.7 Å². The average Bonchev–Trinajstić information content (AvgIpc) is 3.00. The summed E-state index contributed by atoms with van der Waals surface area (Å²) in [7, 11) is 0. The Morgan fingerprint density at radius 3 is 2.68 bits per heavy atom. The molecule has 0 N–H and O–H groups in total. The summed E-state index contributed by atoms with van der Waals surface area (Å²) in [6.45, 7) is 7.40. The van der Waals surface area contributed by atoms with Crippen LogP contribution in [0.1, 0.15) is 22.8 Å². The van der Waals surface area contributed by atoms with Gasteiger partial charge in [-0.25, -0.2) is 9.97 Å². The summed E-state index contributed by atoms with van der Waals surface area (Å²) in [5, 5.41) is 6.15. The highest BCUT2D eigenvalue weighted by molar-refractivity contribution is 7.13. The molecule has 2 aromatic rings. The van der Waals surface area contributed by atoms with Crippen LogP contribution in [-0.4, -0.2) is 47.0 Å². The summed E-state index contributed by atoms with van der Waals surface area (Å²) < 4.78 is 0. The molecule has 3 heterocycles. The van der Waals surface area contributed by atoms with Crippen LogP contribution in [0.2, 0.25) is 0 Å². The zero-order chi connectivity index (χ0) is 15.5. The van der Waals surface area contributed by atoms with E-state index in [1.165, 1.54) is 0 Å². The molecule has 0 spiro atoms. The van der Waals surface area contributed by atoms with Crippen molar-refractivity contribution < 1.29 is 4.79 Å². The summed E-state index contributed by atoms with van der Waals surface area (Å²) in [6.07, 6.45) is 1.40. The van der Waals surface area contributed by atoms with E-state index in [4.69, 9.17) is 0 Å². The maximum Gasteiger partial charge on any atom is 0.228 e. The maximum atomic E-state index is 12.4. The van der Waals surface area contributed by atoms with Crippen molar-refractivity contribution in [2.45, 2.75) is 26.7 Å². The Hall–Kier alpha value is -1.47. The molecule has 0 saturated carbocycles. The number of thiazole rings is 2. The number of hydrogen-bond acceptors (Lipinski definition) is 6. The summed E-state index contributed by atoms with van der Waals surface area (Å²) in [6, 6.07) is 0. The van der Waals surface area contributed by atoms with Gasteiger partial charge in [0.15, 0.2) is 5.13 Å². The third-order valence-corrected chi connectivity index (χ3v) is 5.57. The van der Waals surface area contributed by atoms with E-state index in [9.17, 15) is 4.79 Å². The fraction of sp³-hybridized carbons (Fsp3) is 0.533. The van der Waals surface area contributed by atoms with Crippen molar-refractivity contribution in [3.8, 4) is 0 Å². The van der Waals surface area contributed by atoms with Crippen molar-refractivity contribution >= 4 is 33.7 Å². The van der Waals surface area contributed by atoms with Gasteiger partial charge in [0.05, 0.1) is 22.8 Å². The van der Waals surface area contributed by atoms with Gasteiger partial charge in [0.25, 0.3) is 0 Å². The monoisotopic (exact) mass is 336 g/mol. The standard InChI is InChI=1S/C15H20N4OS2/c1-11-9-22-15(16-11)19-5-3-4-18(6-7-19)14(20)8-13-10-21-12(2)17-13/h9-10H,3-8H2,1-2H3. The third kappa shape index (κ3) is 3.64. The first-order chi connectivity index (χ1) is 10.6. The molecule has 118 valence electrons. The van der Waals surface area contributed by atoms with E-state index in [2.05, 4.69) is 20.2 Å². The topological polar surface area (TPSA) is 49.3 Å². The van der Waals surface area contributed by atoms with E-state index in [0.717, 1.165) is 54.1 Å². The predicted octanol–water partition coefficient (Wildman–Crippen LogP) is 2.50. The highest BCUT2D eigenvalue weighted by Gasteiger charge is 2.21. The van der Waals surface area contributed by atoms with Crippen LogP contribution in [0.25, 0.3) is 0 Å². The van der Waals surface area contributed by atoms with Crippen molar-refractivity contribution in [3.05, 3.63) is 27.2 Å². The second-order valence-electron chi connectivity index (χ2n) is 5.53. The van der Waals surface area contributed by atoms with Crippen LogP contribution in [-0.2, 0) is 11.2 Å². The molecule has 2 aromatic heterocycles. The lowest BCUT2D eigenvalue weighted by molar-refractivity contribution is -0.130. The van der Waals surface area contributed by atoms with Crippen molar-refractivity contribution in [2.24, 2.45) is 0 Å². The van der Waals surface area contributed by atoms with Crippen LogP contribution in [0.4, 0.5) is 5.13 Å². The van der Waals surface area contributed by atoms with Gasteiger partial charge in [-0.3, -0.25) is 4.79 Å². The first-order valence-corrected chi connectivity index (χ1v) is 9.23. The molecule has 5 nitrogen and oxygen atoms in total. The number of aromatic nitrogens is 2. The lowest BCUT2D eigenvalue weighted by atomic mass is 10.3. The molecule has 0 aliphatic carbocycles. The Kier molecular flexibility index (Phi) is 4.73. The molecule has 0 aromatic carbocycles. The van der Waals surface area contributed by atoms with Gasteiger partial charge in [-0.15, -0.1) is 22.7 Å². The number of carbonyl (C=O) groups is 1. The summed E-state index contributed by atoms with van der Waals surface area (Å²) >= 11 is 3.28. The maximum absolute atomic E-state index is 12.4.